The van der Waals surface area contributed by atoms with Crippen LogP contribution in [0.25, 0.3) is 0 Å². The number of hydrogen-bond acceptors (Lipinski definition) is 3. The zero-order chi connectivity index (χ0) is 19.8. The molecule has 4 aliphatic carbocycles. The molecule has 5 nitrogen and oxygen atoms in total. The molecule has 1 aromatic rings. The molecule has 6 rings (SSSR count). The summed E-state index contributed by atoms with van der Waals surface area (Å²) in [5.41, 5.74) is 1.15. The van der Waals surface area contributed by atoms with Gasteiger partial charge in [-0.15, -0.1) is 0 Å². The van der Waals surface area contributed by atoms with E-state index in [1.807, 2.05) is 30.3 Å². The van der Waals surface area contributed by atoms with Gasteiger partial charge in [-0.25, -0.2) is 0 Å². The van der Waals surface area contributed by atoms with E-state index in [1.165, 1.54) is 38.5 Å². The molecule has 156 valence electrons. The van der Waals surface area contributed by atoms with Gasteiger partial charge in [0.05, 0.1) is 12.6 Å². The molecule has 4 bridgehead atoms. The van der Waals surface area contributed by atoms with Crippen LogP contribution in [-0.2, 0) is 16.1 Å². The molecular weight excluding hydrogens is 362 g/mol. The second-order valence-electron chi connectivity index (χ2n) is 10.1. The highest BCUT2D eigenvalue weighted by Gasteiger charge is 2.51. The van der Waals surface area contributed by atoms with Crippen molar-refractivity contribution in [3.63, 3.8) is 0 Å². The van der Waals surface area contributed by atoms with Crippen molar-refractivity contribution in [1.82, 2.24) is 15.5 Å². The monoisotopic (exact) mass is 395 g/mol. The summed E-state index contributed by atoms with van der Waals surface area (Å²) < 4.78 is 0. The van der Waals surface area contributed by atoms with E-state index in [0.29, 0.717) is 13.1 Å². The quantitative estimate of drug-likeness (QED) is 0.779. The van der Waals surface area contributed by atoms with Gasteiger partial charge < -0.3 is 10.6 Å². The average Bonchev–Trinajstić information content (AvgIpc) is 3.13. The molecule has 29 heavy (non-hydrogen) atoms. The predicted molar refractivity (Wildman–Crippen MR) is 112 cm³/mol. The maximum atomic E-state index is 12.9. The first-order valence-electron chi connectivity index (χ1n) is 11.5. The number of hydrogen-bond donors (Lipinski definition) is 2. The van der Waals surface area contributed by atoms with Crippen molar-refractivity contribution in [1.29, 1.82) is 0 Å². The summed E-state index contributed by atoms with van der Waals surface area (Å²) in [7, 11) is 0. The second-order valence-corrected chi connectivity index (χ2v) is 10.1. The summed E-state index contributed by atoms with van der Waals surface area (Å²) in [5.74, 6) is 2.64. The van der Waals surface area contributed by atoms with Crippen LogP contribution in [0.1, 0.15) is 56.9 Å². The lowest BCUT2D eigenvalue weighted by Crippen LogP contribution is -2.61. The standard InChI is InChI=1S/C24H33N3O2/c28-22(26-24-12-18-9-19(13-24)11-20(10-18)14-24)16-27-8-4-7-21(27)23(29)25-15-17-5-2-1-3-6-17/h1-3,5-6,18-21H,4,7-16H2,(H,25,29)(H,26,28)/t18?,19?,20?,21-,24?/m0/s1. The van der Waals surface area contributed by atoms with Crippen molar-refractivity contribution < 1.29 is 9.59 Å². The molecule has 5 aliphatic rings. The van der Waals surface area contributed by atoms with Crippen molar-refractivity contribution in [3.8, 4) is 0 Å². The summed E-state index contributed by atoms with van der Waals surface area (Å²) in [6.07, 6.45) is 9.48. The maximum Gasteiger partial charge on any atom is 0.237 e. The van der Waals surface area contributed by atoms with Gasteiger partial charge in [-0.3, -0.25) is 14.5 Å². The third-order valence-electron chi connectivity index (χ3n) is 7.77. The molecule has 0 spiro atoms. The van der Waals surface area contributed by atoms with Crippen LogP contribution in [-0.4, -0.2) is 41.4 Å². The Kier molecular flexibility index (Phi) is 5.10. The van der Waals surface area contributed by atoms with Crippen LogP contribution in [0.2, 0.25) is 0 Å². The van der Waals surface area contributed by atoms with Crippen LogP contribution in [0.15, 0.2) is 30.3 Å². The zero-order valence-corrected chi connectivity index (χ0v) is 17.2. The van der Waals surface area contributed by atoms with Crippen molar-refractivity contribution in [2.75, 3.05) is 13.1 Å². The first kappa shape index (κ1) is 19.1. The molecule has 0 radical (unpaired) electrons. The van der Waals surface area contributed by atoms with Gasteiger partial charge in [-0.05, 0) is 81.2 Å². The first-order valence-corrected chi connectivity index (χ1v) is 11.5. The van der Waals surface area contributed by atoms with E-state index < -0.39 is 0 Å². The fourth-order valence-electron chi connectivity index (χ4n) is 7.00. The summed E-state index contributed by atoms with van der Waals surface area (Å²) in [4.78, 5) is 27.8. The van der Waals surface area contributed by atoms with Gasteiger partial charge in [0.15, 0.2) is 0 Å². The maximum absolute atomic E-state index is 12.9. The molecule has 5 fully saturated rings. The normalized spacial score (nSPS) is 35.6. The second kappa shape index (κ2) is 7.75. The minimum Gasteiger partial charge on any atom is -0.351 e. The van der Waals surface area contributed by atoms with Crippen molar-refractivity contribution in [2.45, 2.75) is 69.5 Å². The van der Waals surface area contributed by atoms with Crippen molar-refractivity contribution >= 4 is 11.8 Å². The molecule has 1 aliphatic heterocycles. The van der Waals surface area contributed by atoms with Crippen LogP contribution in [0.4, 0.5) is 0 Å². The highest BCUT2D eigenvalue weighted by atomic mass is 16.2. The van der Waals surface area contributed by atoms with Gasteiger partial charge in [0.25, 0.3) is 0 Å². The van der Waals surface area contributed by atoms with E-state index >= 15 is 0 Å². The number of nitrogens with zero attached hydrogens (tertiary/aromatic N) is 1. The number of nitrogens with one attached hydrogen (secondary N) is 2. The summed E-state index contributed by atoms with van der Waals surface area (Å²) in [5, 5.41) is 6.51. The predicted octanol–water partition coefficient (Wildman–Crippen LogP) is 2.85. The van der Waals surface area contributed by atoms with Crippen LogP contribution >= 0.6 is 0 Å². The molecule has 1 saturated heterocycles. The Morgan fingerprint density at radius 1 is 1.00 bits per heavy atom. The van der Waals surface area contributed by atoms with Gasteiger partial charge >= 0.3 is 0 Å². The largest absolute Gasteiger partial charge is 0.351 e. The average molecular weight is 396 g/mol. The first-order chi connectivity index (χ1) is 14.1. The number of carbonyl (C=O) groups excluding carboxylic acids is 2. The van der Waals surface area contributed by atoms with Gasteiger partial charge in [-0.1, -0.05) is 30.3 Å². The Hall–Kier alpha value is -1.88. The highest BCUT2D eigenvalue weighted by molar-refractivity contribution is 5.84. The Bertz CT molecular complexity index is 727. The Morgan fingerprint density at radius 3 is 2.31 bits per heavy atom. The summed E-state index contributed by atoms with van der Waals surface area (Å²) in [6, 6.07) is 9.81. The Morgan fingerprint density at radius 2 is 1.66 bits per heavy atom. The molecule has 1 atom stereocenters. The smallest absolute Gasteiger partial charge is 0.237 e. The van der Waals surface area contributed by atoms with Gasteiger partial charge in [0, 0.05) is 12.1 Å². The van der Waals surface area contributed by atoms with E-state index in [4.69, 9.17) is 0 Å². The van der Waals surface area contributed by atoms with Crippen LogP contribution in [0.5, 0.6) is 0 Å². The molecular formula is C24H33N3O2. The van der Waals surface area contributed by atoms with E-state index in [2.05, 4.69) is 15.5 Å². The van der Waals surface area contributed by atoms with Gasteiger partial charge in [0.1, 0.15) is 0 Å². The highest BCUT2D eigenvalue weighted by Crippen LogP contribution is 2.55. The summed E-state index contributed by atoms with van der Waals surface area (Å²) in [6.45, 7) is 1.73. The lowest BCUT2D eigenvalue weighted by Gasteiger charge is -2.57. The molecule has 2 amide bonds. The number of benzene rings is 1. The molecule has 1 aromatic carbocycles. The van der Waals surface area contributed by atoms with Crippen LogP contribution in [0.3, 0.4) is 0 Å². The van der Waals surface area contributed by atoms with Crippen LogP contribution < -0.4 is 10.6 Å². The third kappa shape index (κ3) is 4.07. The minimum absolute atomic E-state index is 0.0500. The number of rotatable bonds is 6. The number of amides is 2. The van der Waals surface area contributed by atoms with Crippen molar-refractivity contribution in [3.05, 3.63) is 35.9 Å². The summed E-state index contributed by atoms with van der Waals surface area (Å²) >= 11 is 0. The van der Waals surface area contributed by atoms with E-state index in [1.54, 1.807) is 0 Å². The Labute approximate surface area is 173 Å². The molecule has 5 heteroatoms. The fourth-order valence-corrected chi connectivity index (χ4v) is 7.00. The number of likely N-dealkylation sites (tertiary alicyclic amines) is 1. The lowest BCUT2D eigenvalue weighted by atomic mass is 9.53. The molecule has 2 N–H and O–H groups in total. The fraction of sp³-hybridized carbons (Fsp3) is 0.667. The van der Waals surface area contributed by atoms with Gasteiger partial charge in [0.2, 0.25) is 11.8 Å². The zero-order valence-electron chi connectivity index (χ0n) is 17.2. The van der Waals surface area contributed by atoms with E-state index in [0.717, 1.165) is 42.7 Å². The molecule has 4 saturated carbocycles. The van der Waals surface area contributed by atoms with Crippen LogP contribution in [0, 0.1) is 17.8 Å². The molecule has 0 unspecified atom stereocenters. The lowest BCUT2D eigenvalue weighted by molar-refractivity contribution is -0.130. The Balaban J connectivity index is 1.15. The SMILES string of the molecule is O=C(CN1CCC[C@H]1C(=O)NCc1ccccc1)NC12CC3CC(CC(C3)C1)C2. The topological polar surface area (TPSA) is 61.4 Å². The third-order valence-corrected chi connectivity index (χ3v) is 7.77. The van der Waals surface area contributed by atoms with E-state index in [-0.39, 0.29) is 23.4 Å². The molecule has 0 aromatic heterocycles. The van der Waals surface area contributed by atoms with Crippen molar-refractivity contribution in [2.24, 2.45) is 17.8 Å². The minimum atomic E-state index is -0.180. The number of carbonyl (C=O) groups is 2. The van der Waals surface area contributed by atoms with E-state index in [9.17, 15) is 9.59 Å². The van der Waals surface area contributed by atoms with Gasteiger partial charge in [-0.2, -0.15) is 0 Å². The molecule has 1 heterocycles.